The van der Waals surface area contributed by atoms with E-state index in [0.717, 1.165) is 5.69 Å². The van der Waals surface area contributed by atoms with Crippen LogP contribution in [0.4, 0.5) is 5.69 Å². The zero-order chi connectivity index (χ0) is 14.7. The summed E-state index contributed by atoms with van der Waals surface area (Å²) in [5, 5.41) is 11.1. The Labute approximate surface area is 120 Å². The second-order valence-corrected chi connectivity index (χ2v) is 4.63. The summed E-state index contributed by atoms with van der Waals surface area (Å²) < 4.78 is 5.51. The summed E-state index contributed by atoms with van der Waals surface area (Å²) in [5.74, 6) is 0.986. The van der Waals surface area contributed by atoms with Crippen LogP contribution in [0.3, 0.4) is 0 Å². The molecule has 0 atom stereocenters. The molecule has 104 valence electrons. The molecule has 0 bridgehead atoms. The third kappa shape index (κ3) is 3.42. The number of halogens is 1. The first kappa shape index (κ1) is 14.2. The second-order valence-electron chi connectivity index (χ2n) is 4.24. The molecule has 0 aliphatic rings. The largest absolute Gasteiger partial charge is 0.486 e. The molecule has 0 amide bonds. The topological polar surface area (TPSA) is 78.2 Å². The molecule has 0 aliphatic carbocycles. The van der Waals surface area contributed by atoms with Gasteiger partial charge in [-0.1, -0.05) is 11.6 Å². The van der Waals surface area contributed by atoms with Crippen molar-refractivity contribution in [1.82, 2.24) is 9.97 Å². The van der Waals surface area contributed by atoms with E-state index in [-0.39, 0.29) is 12.3 Å². The van der Waals surface area contributed by atoms with Crippen molar-refractivity contribution in [2.24, 2.45) is 0 Å². The maximum absolute atomic E-state index is 10.7. The van der Waals surface area contributed by atoms with Gasteiger partial charge in [-0.3, -0.25) is 10.1 Å². The smallest absolute Gasteiger partial charge is 0.272 e. The minimum Gasteiger partial charge on any atom is -0.486 e. The lowest BCUT2D eigenvalue weighted by Gasteiger charge is -2.07. The average molecular weight is 294 g/mol. The highest BCUT2D eigenvalue weighted by Gasteiger charge is 2.11. The number of ether oxygens (including phenoxy) is 1. The Morgan fingerprint density at radius 3 is 2.65 bits per heavy atom. The summed E-state index contributed by atoms with van der Waals surface area (Å²) in [6, 6.07) is 6.22. The van der Waals surface area contributed by atoms with Crippen LogP contribution >= 0.6 is 11.6 Å². The Hall–Kier alpha value is -2.21. The molecule has 7 heteroatoms. The molecule has 0 saturated carbocycles. The van der Waals surface area contributed by atoms with E-state index in [1.54, 1.807) is 25.1 Å². The van der Waals surface area contributed by atoms with E-state index in [1.165, 1.54) is 6.07 Å². The fourth-order valence-electron chi connectivity index (χ4n) is 1.72. The van der Waals surface area contributed by atoms with Crippen LogP contribution < -0.4 is 4.74 Å². The lowest BCUT2D eigenvalue weighted by Crippen LogP contribution is -2.03. The summed E-state index contributed by atoms with van der Waals surface area (Å²) in [7, 11) is 0. The van der Waals surface area contributed by atoms with Gasteiger partial charge in [-0.05, 0) is 32.0 Å². The van der Waals surface area contributed by atoms with Crippen molar-refractivity contribution in [3.8, 4) is 5.75 Å². The quantitative estimate of drug-likeness (QED) is 0.491. The van der Waals surface area contributed by atoms with Crippen LogP contribution in [0, 0.1) is 24.0 Å². The van der Waals surface area contributed by atoms with Gasteiger partial charge in [0, 0.05) is 17.3 Å². The highest BCUT2D eigenvalue weighted by atomic mass is 35.5. The molecule has 1 aromatic heterocycles. The van der Waals surface area contributed by atoms with Crippen LogP contribution in [0.15, 0.2) is 24.3 Å². The fraction of sp³-hybridized carbons (Fsp3) is 0.231. The second kappa shape index (κ2) is 5.83. The molecule has 0 saturated heterocycles. The van der Waals surface area contributed by atoms with Gasteiger partial charge in [-0.15, -0.1) is 0 Å². The van der Waals surface area contributed by atoms with E-state index in [9.17, 15) is 10.1 Å². The van der Waals surface area contributed by atoms with Crippen molar-refractivity contribution in [3.05, 3.63) is 56.6 Å². The van der Waals surface area contributed by atoms with Gasteiger partial charge in [0.15, 0.2) is 5.82 Å². The highest BCUT2D eigenvalue weighted by molar-refractivity contribution is 6.29. The molecule has 0 fully saturated rings. The van der Waals surface area contributed by atoms with E-state index in [1.807, 2.05) is 6.92 Å². The molecule has 1 heterocycles. The Kier molecular flexibility index (Phi) is 4.14. The molecule has 2 rings (SSSR count). The number of hydrogen-bond acceptors (Lipinski definition) is 5. The number of nitro groups is 1. The van der Waals surface area contributed by atoms with Crippen molar-refractivity contribution in [2.75, 3.05) is 0 Å². The van der Waals surface area contributed by atoms with Gasteiger partial charge in [0.25, 0.3) is 5.69 Å². The van der Waals surface area contributed by atoms with E-state index in [2.05, 4.69) is 9.97 Å². The molecule has 0 unspecified atom stereocenters. The molecule has 2 aromatic rings. The van der Waals surface area contributed by atoms with E-state index >= 15 is 0 Å². The lowest BCUT2D eigenvalue weighted by atomic mass is 10.2. The summed E-state index contributed by atoms with van der Waals surface area (Å²) in [6.45, 7) is 3.62. The standard InChI is InChI=1S/C13H12ClN3O3/c1-8-5-10(3-4-11(8)17(18)19)20-7-13-15-9(2)6-12(14)16-13/h3-6H,7H2,1-2H3. The first-order valence-electron chi connectivity index (χ1n) is 5.83. The van der Waals surface area contributed by atoms with Gasteiger partial charge in [-0.2, -0.15) is 0 Å². The third-order valence-electron chi connectivity index (χ3n) is 2.60. The van der Waals surface area contributed by atoms with E-state index in [4.69, 9.17) is 16.3 Å². The lowest BCUT2D eigenvalue weighted by molar-refractivity contribution is -0.385. The molecular weight excluding hydrogens is 282 g/mol. The summed E-state index contributed by atoms with van der Waals surface area (Å²) >= 11 is 5.83. The first-order valence-corrected chi connectivity index (χ1v) is 6.21. The normalized spacial score (nSPS) is 10.3. The van der Waals surface area contributed by atoms with Crippen molar-refractivity contribution < 1.29 is 9.66 Å². The van der Waals surface area contributed by atoms with Crippen molar-refractivity contribution >= 4 is 17.3 Å². The van der Waals surface area contributed by atoms with Crippen molar-refractivity contribution in [1.29, 1.82) is 0 Å². The minimum atomic E-state index is -0.428. The Bertz CT molecular complexity index is 641. The maximum Gasteiger partial charge on any atom is 0.272 e. The zero-order valence-corrected chi connectivity index (χ0v) is 11.7. The van der Waals surface area contributed by atoms with Crippen molar-refractivity contribution in [3.63, 3.8) is 0 Å². The highest BCUT2D eigenvalue weighted by Crippen LogP contribution is 2.23. The number of aromatic nitrogens is 2. The van der Waals surface area contributed by atoms with Gasteiger partial charge in [-0.25, -0.2) is 9.97 Å². The third-order valence-corrected chi connectivity index (χ3v) is 2.80. The van der Waals surface area contributed by atoms with E-state index < -0.39 is 4.92 Å². The van der Waals surface area contributed by atoms with Crippen LogP contribution in [-0.2, 0) is 6.61 Å². The molecule has 0 N–H and O–H groups in total. The van der Waals surface area contributed by atoms with Crippen LogP contribution in [-0.4, -0.2) is 14.9 Å². The molecular formula is C13H12ClN3O3. The van der Waals surface area contributed by atoms with Gasteiger partial charge >= 0.3 is 0 Å². The number of rotatable bonds is 4. The number of benzene rings is 1. The van der Waals surface area contributed by atoms with Crippen LogP contribution in [0.5, 0.6) is 5.75 Å². The van der Waals surface area contributed by atoms with E-state index in [0.29, 0.717) is 22.3 Å². The number of aryl methyl sites for hydroxylation is 2. The zero-order valence-electron chi connectivity index (χ0n) is 11.0. The monoisotopic (exact) mass is 293 g/mol. The summed E-state index contributed by atoms with van der Waals surface area (Å²) in [5.41, 5.74) is 1.35. The van der Waals surface area contributed by atoms with Crippen LogP contribution in [0.25, 0.3) is 0 Å². The molecule has 0 radical (unpaired) electrons. The molecule has 0 spiro atoms. The first-order chi connectivity index (χ1) is 9.45. The minimum absolute atomic E-state index is 0.0622. The van der Waals surface area contributed by atoms with Gasteiger partial charge < -0.3 is 4.74 Å². The number of nitrogens with zero attached hydrogens (tertiary/aromatic N) is 3. The maximum atomic E-state index is 10.7. The summed E-state index contributed by atoms with van der Waals surface area (Å²) in [4.78, 5) is 18.5. The fourth-order valence-corrected chi connectivity index (χ4v) is 1.98. The molecule has 1 aromatic carbocycles. The molecule has 0 aliphatic heterocycles. The Morgan fingerprint density at radius 2 is 2.05 bits per heavy atom. The number of nitro benzene ring substituents is 1. The van der Waals surface area contributed by atoms with Crippen LogP contribution in [0.2, 0.25) is 5.15 Å². The van der Waals surface area contributed by atoms with Crippen molar-refractivity contribution in [2.45, 2.75) is 20.5 Å². The predicted octanol–water partition coefficient (Wildman–Crippen LogP) is 3.23. The van der Waals surface area contributed by atoms with Crippen LogP contribution in [0.1, 0.15) is 17.1 Å². The number of hydrogen-bond donors (Lipinski definition) is 0. The summed E-state index contributed by atoms with van der Waals surface area (Å²) in [6.07, 6.45) is 0. The average Bonchev–Trinajstić information content (AvgIpc) is 2.35. The van der Waals surface area contributed by atoms with Gasteiger partial charge in [0.1, 0.15) is 17.5 Å². The van der Waals surface area contributed by atoms with Gasteiger partial charge in [0.2, 0.25) is 0 Å². The Morgan fingerprint density at radius 1 is 1.30 bits per heavy atom. The molecule has 6 nitrogen and oxygen atoms in total. The predicted molar refractivity (Wildman–Crippen MR) is 73.9 cm³/mol. The molecule has 20 heavy (non-hydrogen) atoms. The van der Waals surface area contributed by atoms with Gasteiger partial charge in [0.05, 0.1) is 4.92 Å². The Balaban J connectivity index is 2.11. The SMILES string of the molecule is Cc1cc(Cl)nc(COc2ccc([N+](=O)[O-])c(C)c2)n1.